The number of aliphatic hydroxyl groups is 1. The Morgan fingerprint density at radius 1 is 1.19 bits per heavy atom. The number of hydrogen-bond acceptors (Lipinski definition) is 3. The molecule has 0 amide bonds. The highest BCUT2D eigenvalue weighted by Crippen LogP contribution is 2.27. The summed E-state index contributed by atoms with van der Waals surface area (Å²) in [5.74, 6) is 1.51. The van der Waals surface area contributed by atoms with Gasteiger partial charge in [-0.1, -0.05) is 12.1 Å². The first-order valence-corrected chi connectivity index (χ1v) is 7.03. The minimum absolute atomic E-state index is 0.0594. The van der Waals surface area contributed by atoms with Crippen LogP contribution in [0.25, 0.3) is 22.4 Å². The molecule has 0 aliphatic carbocycles. The van der Waals surface area contributed by atoms with Crippen LogP contribution in [0.4, 0.5) is 0 Å². The van der Waals surface area contributed by atoms with Gasteiger partial charge in [0.25, 0.3) is 0 Å². The number of rotatable bonds is 4. The zero-order chi connectivity index (χ0) is 14.8. The lowest BCUT2D eigenvalue weighted by Gasteiger charge is -2.13. The van der Waals surface area contributed by atoms with Gasteiger partial charge < -0.3 is 14.8 Å². The SMILES string of the molecule is CC(C)Oc1ccc(-c2nc3ccccc3[nH]2)cc1CO. The van der Waals surface area contributed by atoms with Crippen molar-refractivity contribution < 1.29 is 9.84 Å². The van der Waals surface area contributed by atoms with Crippen LogP contribution in [0, 0.1) is 0 Å². The molecule has 0 saturated heterocycles. The summed E-state index contributed by atoms with van der Waals surface area (Å²) >= 11 is 0. The van der Waals surface area contributed by atoms with E-state index in [0.717, 1.165) is 28.0 Å². The van der Waals surface area contributed by atoms with Crippen molar-refractivity contribution >= 4 is 11.0 Å². The van der Waals surface area contributed by atoms with Crippen molar-refractivity contribution in [2.24, 2.45) is 0 Å². The fourth-order valence-corrected chi connectivity index (χ4v) is 2.31. The molecular formula is C17H18N2O2. The lowest BCUT2D eigenvalue weighted by Crippen LogP contribution is -2.07. The van der Waals surface area contributed by atoms with E-state index in [1.54, 1.807) is 0 Å². The number of benzene rings is 2. The molecular weight excluding hydrogens is 264 g/mol. The summed E-state index contributed by atoms with van der Waals surface area (Å²) in [5, 5.41) is 9.53. The molecule has 0 aliphatic rings. The summed E-state index contributed by atoms with van der Waals surface area (Å²) in [6.07, 6.45) is 0.0763. The molecule has 4 nitrogen and oxygen atoms in total. The number of fused-ring (bicyclic) bond motifs is 1. The second kappa shape index (κ2) is 5.58. The van der Waals surface area contributed by atoms with Gasteiger partial charge in [-0.15, -0.1) is 0 Å². The number of aromatic nitrogens is 2. The summed E-state index contributed by atoms with van der Waals surface area (Å²) < 4.78 is 5.70. The molecule has 2 N–H and O–H groups in total. The van der Waals surface area contributed by atoms with Gasteiger partial charge >= 0.3 is 0 Å². The number of nitrogens with zero attached hydrogens (tertiary/aromatic N) is 1. The molecule has 21 heavy (non-hydrogen) atoms. The van der Waals surface area contributed by atoms with Gasteiger partial charge in [-0.2, -0.15) is 0 Å². The van der Waals surface area contributed by atoms with Gasteiger partial charge in [-0.05, 0) is 44.2 Å². The molecule has 3 rings (SSSR count). The highest BCUT2D eigenvalue weighted by Gasteiger charge is 2.10. The summed E-state index contributed by atoms with van der Waals surface area (Å²) in [5.41, 5.74) is 3.63. The van der Waals surface area contributed by atoms with E-state index >= 15 is 0 Å². The first-order chi connectivity index (χ1) is 10.2. The van der Waals surface area contributed by atoms with Crippen LogP contribution in [0.5, 0.6) is 5.75 Å². The average Bonchev–Trinajstić information content (AvgIpc) is 2.91. The number of imidazole rings is 1. The first kappa shape index (κ1) is 13.6. The zero-order valence-corrected chi connectivity index (χ0v) is 12.1. The maximum atomic E-state index is 9.53. The van der Waals surface area contributed by atoms with Crippen LogP contribution in [0.3, 0.4) is 0 Å². The predicted molar refractivity (Wildman–Crippen MR) is 83.2 cm³/mol. The smallest absolute Gasteiger partial charge is 0.138 e. The molecule has 0 radical (unpaired) electrons. The Balaban J connectivity index is 2.02. The van der Waals surface area contributed by atoms with Gasteiger partial charge in [-0.25, -0.2) is 4.98 Å². The quantitative estimate of drug-likeness (QED) is 0.770. The van der Waals surface area contributed by atoms with Crippen LogP contribution >= 0.6 is 0 Å². The Kier molecular flexibility index (Phi) is 3.62. The fraction of sp³-hybridized carbons (Fsp3) is 0.235. The molecule has 0 bridgehead atoms. The van der Waals surface area contributed by atoms with E-state index in [1.165, 1.54) is 0 Å². The van der Waals surface area contributed by atoms with E-state index in [0.29, 0.717) is 5.75 Å². The Morgan fingerprint density at radius 3 is 2.71 bits per heavy atom. The molecule has 1 aromatic heterocycles. The lowest BCUT2D eigenvalue weighted by atomic mass is 10.1. The van der Waals surface area contributed by atoms with Crippen LogP contribution in [0.15, 0.2) is 42.5 Å². The topological polar surface area (TPSA) is 58.1 Å². The third kappa shape index (κ3) is 2.76. The fourth-order valence-electron chi connectivity index (χ4n) is 2.31. The lowest BCUT2D eigenvalue weighted by molar-refractivity contribution is 0.225. The number of para-hydroxylation sites is 2. The monoisotopic (exact) mass is 282 g/mol. The van der Waals surface area contributed by atoms with Gasteiger partial charge in [-0.3, -0.25) is 0 Å². The maximum Gasteiger partial charge on any atom is 0.138 e. The van der Waals surface area contributed by atoms with Crippen molar-refractivity contribution in [3.8, 4) is 17.1 Å². The van der Waals surface area contributed by atoms with Crippen molar-refractivity contribution in [1.29, 1.82) is 0 Å². The van der Waals surface area contributed by atoms with Crippen LogP contribution in [-0.2, 0) is 6.61 Å². The Hall–Kier alpha value is -2.33. The first-order valence-electron chi connectivity index (χ1n) is 7.03. The zero-order valence-electron chi connectivity index (χ0n) is 12.1. The molecule has 0 atom stereocenters. The predicted octanol–water partition coefficient (Wildman–Crippen LogP) is 3.51. The number of nitrogens with one attached hydrogen (secondary N) is 1. The minimum Gasteiger partial charge on any atom is -0.491 e. The summed E-state index contributed by atoms with van der Waals surface area (Å²) in [7, 11) is 0. The number of aliphatic hydroxyl groups excluding tert-OH is 1. The molecule has 2 aromatic carbocycles. The number of hydrogen-bond donors (Lipinski definition) is 2. The van der Waals surface area contributed by atoms with Crippen LogP contribution in [-0.4, -0.2) is 21.2 Å². The van der Waals surface area contributed by atoms with Crippen LogP contribution in [0.2, 0.25) is 0 Å². The van der Waals surface area contributed by atoms with Crippen LogP contribution in [0.1, 0.15) is 19.4 Å². The Labute approximate surface area is 123 Å². The second-order valence-corrected chi connectivity index (χ2v) is 5.25. The number of aromatic amines is 1. The summed E-state index contributed by atoms with van der Waals surface area (Å²) in [6.45, 7) is 3.87. The van der Waals surface area contributed by atoms with Gasteiger partial charge in [0.2, 0.25) is 0 Å². The molecule has 1 heterocycles. The van der Waals surface area contributed by atoms with Crippen molar-refractivity contribution in [2.75, 3.05) is 0 Å². The molecule has 0 fully saturated rings. The molecule has 108 valence electrons. The molecule has 0 unspecified atom stereocenters. The average molecular weight is 282 g/mol. The van der Waals surface area contributed by atoms with E-state index in [4.69, 9.17) is 4.74 Å². The maximum absolute atomic E-state index is 9.53. The molecule has 0 spiro atoms. The van der Waals surface area contributed by atoms with Gasteiger partial charge in [0.1, 0.15) is 11.6 Å². The van der Waals surface area contributed by atoms with Crippen molar-refractivity contribution in [3.63, 3.8) is 0 Å². The van der Waals surface area contributed by atoms with Gasteiger partial charge in [0.15, 0.2) is 0 Å². The van der Waals surface area contributed by atoms with Crippen LogP contribution < -0.4 is 4.74 Å². The largest absolute Gasteiger partial charge is 0.491 e. The third-order valence-electron chi connectivity index (χ3n) is 3.26. The molecule has 0 aliphatic heterocycles. The summed E-state index contributed by atoms with van der Waals surface area (Å²) in [6, 6.07) is 13.7. The highest BCUT2D eigenvalue weighted by atomic mass is 16.5. The molecule has 0 saturated carbocycles. The minimum atomic E-state index is -0.0594. The van der Waals surface area contributed by atoms with Crippen molar-refractivity contribution in [1.82, 2.24) is 9.97 Å². The molecule has 3 aromatic rings. The van der Waals surface area contributed by atoms with E-state index < -0.39 is 0 Å². The van der Waals surface area contributed by atoms with Gasteiger partial charge in [0.05, 0.1) is 23.7 Å². The standard InChI is InChI=1S/C17H18N2O2/c1-11(2)21-16-8-7-12(9-13(16)10-20)17-18-14-5-3-4-6-15(14)19-17/h3-9,11,20H,10H2,1-2H3,(H,18,19). The Morgan fingerprint density at radius 2 is 2.00 bits per heavy atom. The Bertz CT molecular complexity index is 729. The van der Waals surface area contributed by atoms with E-state index in [9.17, 15) is 5.11 Å². The number of H-pyrrole nitrogens is 1. The summed E-state index contributed by atoms with van der Waals surface area (Å²) in [4.78, 5) is 7.86. The molecule has 4 heteroatoms. The van der Waals surface area contributed by atoms with E-state index in [1.807, 2.05) is 56.3 Å². The van der Waals surface area contributed by atoms with Crippen molar-refractivity contribution in [2.45, 2.75) is 26.6 Å². The van der Waals surface area contributed by atoms with E-state index in [-0.39, 0.29) is 12.7 Å². The normalized spacial score (nSPS) is 11.2. The second-order valence-electron chi connectivity index (χ2n) is 5.25. The van der Waals surface area contributed by atoms with Crippen molar-refractivity contribution in [3.05, 3.63) is 48.0 Å². The highest BCUT2D eigenvalue weighted by molar-refractivity contribution is 5.79. The third-order valence-corrected chi connectivity index (χ3v) is 3.26. The van der Waals surface area contributed by atoms with Gasteiger partial charge in [0, 0.05) is 11.1 Å². The van der Waals surface area contributed by atoms with E-state index in [2.05, 4.69) is 9.97 Å². The number of ether oxygens (including phenoxy) is 1.